The summed E-state index contributed by atoms with van der Waals surface area (Å²) in [7, 11) is -2.23. The highest BCUT2D eigenvalue weighted by molar-refractivity contribution is 7.89. The molecule has 2 aromatic rings. The Labute approximate surface area is 97.8 Å². The summed E-state index contributed by atoms with van der Waals surface area (Å²) in [5, 5.41) is 5.25. The smallest absolute Gasteiger partial charge is 0.261 e. The third-order valence-electron chi connectivity index (χ3n) is 2.60. The number of benzene rings is 1. The minimum Gasteiger partial charge on any atom is -0.299 e. The zero-order valence-corrected chi connectivity index (χ0v) is 10.2. The van der Waals surface area contributed by atoms with Crippen molar-refractivity contribution in [3.8, 4) is 0 Å². The quantitative estimate of drug-likeness (QED) is 0.767. The van der Waals surface area contributed by atoms with Crippen LogP contribution in [-0.2, 0) is 17.1 Å². The molecule has 0 spiro atoms. The van der Waals surface area contributed by atoms with Crippen LogP contribution in [0.1, 0.15) is 5.82 Å². The Bertz CT molecular complexity index is 762. The zero-order valence-electron chi connectivity index (χ0n) is 9.34. The molecule has 0 aliphatic carbocycles. The lowest BCUT2D eigenvalue weighted by molar-refractivity contribution is 0.598. The fourth-order valence-electron chi connectivity index (χ4n) is 1.54. The number of nitrogens with zero attached hydrogens (tertiary/aromatic N) is 2. The average molecular weight is 253 g/mol. The van der Waals surface area contributed by atoms with E-state index in [1.54, 1.807) is 14.0 Å². The number of fused-ring (bicyclic) bond motifs is 1. The second kappa shape index (κ2) is 3.64. The number of aromatic nitrogens is 2. The Balaban J connectivity index is 2.92. The fraction of sp³-hybridized carbons (Fsp3) is 0.200. The molecular formula is C10H11N3O3S. The van der Waals surface area contributed by atoms with Crippen LogP contribution in [0.3, 0.4) is 0 Å². The lowest BCUT2D eigenvalue weighted by Gasteiger charge is -2.06. The molecule has 6 nitrogen and oxygen atoms in total. The van der Waals surface area contributed by atoms with Gasteiger partial charge in [0.25, 0.3) is 5.56 Å². The van der Waals surface area contributed by atoms with Crippen molar-refractivity contribution in [2.45, 2.75) is 11.8 Å². The van der Waals surface area contributed by atoms with Crippen molar-refractivity contribution in [3.63, 3.8) is 0 Å². The summed E-state index contributed by atoms with van der Waals surface area (Å²) in [6.45, 7) is 1.70. The molecule has 0 aliphatic rings. The van der Waals surface area contributed by atoms with Crippen LogP contribution in [0.2, 0.25) is 0 Å². The number of nitrogens with two attached hydrogens (primary N) is 1. The maximum Gasteiger partial charge on any atom is 0.261 e. The normalized spacial score (nSPS) is 11.9. The van der Waals surface area contributed by atoms with Crippen LogP contribution in [-0.4, -0.2) is 18.0 Å². The van der Waals surface area contributed by atoms with Gasteiger partial charge in [0.15, 0.2) is 0 Å². The van der Waals surface area contributed by atoms with Crippen molar-refractivity contribution in [2.75, 3.05) is 0 Å². The van der Waals surface area contributed by atoms with Gasteiger partial charge in [-0.3, -0.25) is 9.36 Å². The van der Waals surface area contributed by atoms with Gasteiger partial charge in [-0.15, -0.1) is 0 Å². The third-order valence-corrected chi connectivity index (χ3v) is 3.51. The number of hydrogen-bond acceptors (Lipinski definition) is 4. The molecule has 0 saturated carbocycles. The van der Waals surface area contributed by atoms with Gasteiger partial charge in [0.05, 0.1) is 15.8 Å². The van der Waals surface area contributed by atoms with Gasteiger partial charge in [0.1, 0.15) is 5.82 Å². The number of rotatable bonds is 1. The van der Waals surface area contributed by atoms with E-state index in [-0.39, 0.29) is 15.8 Å². The first-order chi connectivity index (χ1) is 7.80. The molecule has 1 aromatic heterocycles. The molecular weight excluding hydrogens is 242 g/mol. The molecule has 0 unspecified atom stereocenters. The number of primary sulfonamides is 1. The Morgan fingerprint density at radius 2 is 2.00 bits per heavy atom. The predicted molar refractivity (Wildman–Crippen MR) is 63.1 cm³/mol. The van der Waals surface area contributed by atoms with Crippen molar-refractivity contribution in [1.29, 1.82) is 0 Å². The van der Waals surface area contributed by atoms with Crippen molar-refractivity contribution in [2.24, 2.45) is 12.2 Å². The minimum atomic E-state index is -3.81. The highest BCUT2D eigenvalue weighted by Gasteiger charge is 2.11. The van der Waals surface area contributed by atoms with E-state index >= 15 is 0 Å². The summed E-state index contributed by atoms with van der Waals surface area (Å²) in [6, 6.07) is 4.06. The first kappa shape index (κ1) is 11.7. The van der Waals surface area contributed by atoms with Crippen LogP contribution in [0.25, 0.3) is 10.9 Å². The van der Waals surface area contributed by atoms with Crippen molar-refractivity contribution in [3.05, 3.63) is 34.4 Å². The predicted octanol–water partition coefficient (Wildman–Crippen LogP) is -0.111. The molecule has 7 heteroatoms. The molecule has 0 bridgehead atoms. The molecule has 2 N–H and O–H groups in total. The molecule has 0 fully saturated rings. The highest BCUT2D eigenvalue weighted by Crippen LogP contribution is 2.13. The molecule has 1 aromatic carbocycles. The van der Waals surface area contributed by atoms with E-state index in [0.29, 0.717) is 11.3 Å². The van der Waals surface area contributed by atoms with Gasteiger partial charge in [-0.05, 0) is 25.1 Å². The van der Waals surface area contributed by atoms with Gasteiger partial charge in [-0.1, -0.05) is 0 Å². The Morgan fingerprint density at radius 1 is 1.35 bits per heavy atom. The second-order valence-electron chi connectivity index (χ2n) is 3.75. The van der Waals surface area contributed by atoms with Gasteiger partial charge in [0, 0.05) is 7.05 Å². The molecule has 2 rings (SSSR count). The number of hydrogen-bond donors (Lipinski definition) is 1. The zero-order chi connectivity index (χ0) is 12.8. The van der Waals surface area contributed by atoms with Gasteiger partial charge in [0.2, 0.25) is 10.0 Å². The summed E-state index contributed by atoms with van der Waals surface area (Å²) in [4.78, 5) is 16.0. The molecule has 0 saturated heterocycles. The molecule has 1 heterocycles. The monoisotopic (exact) mass is 253 g/mol. The first-order valence-electron chi connectivity index (χ1n) is 4.81. The summed E-state index contributed by atoms with van der Waals surface area (Å²) in [6.07, 6.45) is 0. The van der Waals surface area contributed by atoms with Crippen molar-refractivity contribution in [1.82, 2.24) is 9.55 Å². The van der Waals surface area contributed by atoms with E-state index in [1.807, 2.05) is 0 Å². The summed E-state index contributed by atoms with van der Waals surface area (Å²) in [5.41, 5.74) is 0.163. The lowest BCUT2D eigenvalue weighted by Crippen LogP contribution is -2.21. The van der Waals surface area contributed by atoms with Crippen LogP contribution in [0.4, 0.5) is 0 Å². The minimum absolute atomic E-state index is 0.0900. The maximum absolute atomic E-state index is 11.9. The number of sulfonamides is 1. The molecule has 0 aliphatic heterocycles. The summed E-state index contributed by atoms with van der Waals surface area (Å²) >= 11 is 0. The van der Waals surface area contributed by atoms with Gasteiger partial charge < -0.3 is 0 Å². The van der Waals surface area contributed by atoms with Crippen LogP contribution < -0.4 is 10.7 Å². The highest BCUT2D eigenvalue weighted by atomic mass is 32.2. The molecule has 90 valence electrons. The number of aryl methyl sites for hydroxylation is 1. The topological polar surface area (TPSA) is 95.1 Å². The molecule has 0 amide bonds. The van der Waals surface area contributed by atoms with Gasteiger partial charge in [-0.25, -0.2) is 18.5 Å². The van der Waals surface area contributed by atoms with E-state index in [0.717, 1.165) is 0 Å². The molecule has 0 radical (unpaired) electrons. The molecule has 17 heavy (non-hydrogen) atoms. The van der Waals surface area contributed by atoms with E-state index in [4.69, 9.17) is 5.14 Å². The SMILES string of the molecule is Cc1nc2ccc(S(N)(=O)=O)cc2c(=O)n1C. The Kier molecular flexibility index (Phi) is 2.52. The van der Waals surface area contributed by atoms with Crippen LogP contribution in [0.5, 0.6) is 0 Å². The Morgan fingerprint density at radius 3 is 2.59 bits per heavy atom. The van der Waals surface area contributed by atoms with Crippen molar-refractivity contribution >= 4 is 20.9 Å². The summed E-state index contributed by atoms with van der Waals surface area (Å²) in [5.74, 6) is 0.561. The van der Waals surface area contributed by atoms with Gasteiger partial charge >= 0.3 is 0 Å². The second-order valence-corrected chi connectivity index (χ2v) is 5.31. The van der Waals surface area contributed by atoms with Gasteiger partial charge in [-0.2, -0.15) is 0 Å². The van der Waals surface area contributed by atoms with Crippen LogP contribution in [0, 0.1) is 6.92 Å². The average Bonchev–Trinajstić information content (AvgIpc) is 2.24. The lowest BCUT2D eigenvalue weighted by atomic mass is 10.2. The largest absolute Gasteiger partial charge is 0.299 e. The van der Waals surface area contributed by atoms with Crippen LogP contribution in [0.15, 0.2) is 27.9 Å². The first-order valence-corrected chi connectivity index (χ1v) is 6.35. The van der Waals surface area contributed by atoms with Crippen molar-refractivity contribution < 1.29 is 8.42 Å². The van der Waals surface area contributed by atoms with E-state index in [1.165, 1.54) is 22.8 Å². The molecule has 0 atom stereocenters. The van der Waals surface area contributed by atoms with E-state index < -0.39 is 10.0 Å². The maximum atomic E-state index is 11.9. The van der Waals surface area contributed by atoms with Crippen LogP contribution >= 0.6 is 0 Å². The van der Waals surface area contributed by atoms with E-state index in [9.17, 15) is 13.2 Å². The fourth-order valence-corrected chi connectivity index (χ4v) is 2.08. The van der Waals surface area contributed by atoms with E-state index in [2.05, 4.69) is 4.98 Å². The third kappa shape index (κ3) is 1.94. The summed E-state index contributed by atoms with van der Waals surface area (Å²) < 4.78 is 23.7. The Hall–Kier alpha value is -1.73. The standard InChI is InChI=1S/C10H11N3O3S/c1-6-12-9-4-3-7(17(11,15)16)5-8(9)10(14)13(6)2/h3-5H,1-2H3,(H2,11,15,16).